The van der Waals surface area contributed by atoms with E-state index >= 15 is 0 Å². The predicted molar refractivity (Wildman–Crippen MR) is 104 cm³/mol. The number of fused-ring (bicyclic) bond motifs is 1. The van der Waals surface area contributed by atoms with Crippen molar-refractivity contribution in [2.24, 2.45) is 0 Å². The van der Waals surface area contributed by atoms with E-state index in [1.54, 1.807) is 6.07 Å². The van der Waals surface area contributed by atoms with Gasteiger partial charge in [0.1, 0.15) is 18.0 Å². The number of carbonyl (C=O) groups is 1. The van der Waals surface area contributed by atoms with Gasteiger partial charge in [-0.05, 0) is 50.1 Å². The molecule has 6 nitrogen and oxygen atoms in total. The summed E-state index contributed by atoms with van der Waals surface area (Å²) in [5.41, 5.74) is 3.44. The SMILES string of the molecule is Cc1ccc2nc(COc3ccccc3C(=O)NC3CCCNC3)cn2c1. The number of amides is 1. The number of rotatable bonds is 5. The third-order valence-corrected chi connectivity index (χ3v) is 4.79. The van der Waals surface area contributed by atoms with E-state index < -0.39 is 0 Å². The summed E-state index contributed by atoms with van der Waals surface area (Å²) in [6, 6.07) is 11.5. The Morgan fingerprint density at radius 2 is 2.19 bits per heavy atom. The van der Waals surface area contributed by atoms with Crippen LogP contribution in [0.2, 0.25) is 0 Å². The van der Waals surface area contributed by atoms with Crippen LogP contribution in [0.25, 0.3) is 5.65 Å². The summed E-state index contributed by atoms with van der Waals surface area (Å²) < 4.78 is 7.93. The Morgan fingerprint density at radius 3 is 3.04 bits per heavy atom. The van der Waals surface area contributed by atoms with Gasteiger partial charge in [-0.25, -0.2) is 4.98 Å². The molecule has 1 amide bonds. The van der Waals surface area contributed by atoms with Gasteiger partial charge in [-0.3, -0.25) is 4.79 Å². The standard InChI is InChI=1S/C21H24N4O2/c1-15-8-9-20-23-17(13-25(20)12-15)14-27-19-7-3-2-6-18(19)21(26)24-16-5-4-10-22-11-16/h2-3,6-9,12-13,16,22H,4-5,10-11,14H2,1H3,(H,24,26). The Balaban J connectivity index is 1.46. The highest BCUT2D eigenvalue weighted by atomic mass is 16.5. The lowest BCUT2D eigenvalue weighted by Gasteiger charge is -2.24. The van der Waals surface area contributed by atoms with Gasteiger partial charge in [0.2, 0.25) is 0 Å². The van der Waals surface area contributed by atoms with Crippen LogP contribution in [0.5, 0.6) is 5.75 Å². The minimum absolute atomic E-state index is 0.0927. The average Bonchev–Trinajstić information content (AvgIpc) is 3.09. The van der Waals surface area contributed by atoms with Gasteiger partial charge >= 0.3 is 0 Å². The van der Waals surface area contributed by atoms with E-state index in [9.17, 15) is 4.79 Å². The van der Waals surface area contributed by atoms with Gasteiger partial charge in [0, 0.05) is 25.0 Å². The zero-order valence-corrected chi connectivity index (χ0v) is 15.4. The van der Waals surface area contributed by atoms with Crippen molar-refractivity contribution < 1.29 is 9.53 Å². The molecular formula is C21H24N4O2. The molecule has 1 aliphatic heterocycles. The summed E-state index contributed by atoms with van der Waals surface area (Å²) in [6.45, 7) is 4.20. The summed E-state index contributed by atoms with van der Waals surface area (Å²) in [7, 11) is 0. The molecule has 0 bridgehead atoms. The van der Waals surface area contributed by atoms with Gasteiger partial charge in [-0.1, -0.05) is 18.2 Å². The number of hydrogen-bond acceptors (Lipinski definition) is 4. The number of benzene rings is 1. The lowest BCUT2D eigenvalue weighted by Crippen LogP contribution is -2.45. The molecule has 1 saturated heterocycles. The van der Waals surface area contributed by atoms with Gasteiger partial charge in [-0.2, -0.15) is 0 Å². The first-order valence-electron chi connectivity index (χ1n) is 9.37. The van der Waals surface area contributed by atoms with Crippen molar-refractivity contribution in [3.8, 4) is 5.75 Å². The molecule has 3 heterocycles. The van der Waals surface area contributed by atoms with E-state index in [0.29, 0.717) is 17.9 Å². The van der Waals surface area contributed by atoms with Gasteiger partial charge in [-0.15, -0.1) is 0 Å². The van der Waals surface area contributed by atoms with Crippen LogP contribution < -0.4 is 15.4 Å². The predicted octanol–water partition coefficient (Wildman–Crippen LogP) is 2.70. The molecule has 1 atom stereocenters. The second-order valence-electron chi connectivity index (χ2n) is 7.01. The zero-order valence-electron chi connectivity index (χ0n) is 15.4. The number of hydrogen-bond donors (Lipinski definition) is 2. The first-order valence-corrected chi connectivity index (χ1v) is 9.37. The monoisotopic (exact) mass is 364 g/mol. The average molecular weight is 364 g/mol. The van der Waals surface area contributed by atoms with Crippen molar-refractivity contribution >= 4 is 11.6 Å². The van der Waals surface area contributed by atoms with E-state index in [1.165, 1.54) is 5.56 Å². The van der Waals surface area contributed by atoms with Crippen LogP contribution in [-0.4, -0.2) is 34.4 Å². The summed E-state index contributed by atoms with van der Waals surface area (Å²) in [4.78, 5) is 17.3. The van der Waals surface area contributed by atoms with Gasteiger partial charge in [0.05, 0.1) is 11.3 Å². The Morgan fingerprint density at radius 1 is 1.30 bits per heavy atom. The Labute approximate surface area is 158 Å². The number of imidazole rings is 1. The molecule has 1 unspecified atom stereocenters. The smallest absolute Gasteiger partial charge is 0.255 e. The van der Waals surface area contributed by atoms with Crippen LogP contribution in [0, 0.1) is 6.92 Å². The van der Waals surface area contributed by atoms with E-state index in [0.717, 1.165) is 37.3 Å². The topological polar surface area (TPSA) is 67.7 Å². The molecule has 1 aliphatic rings. The molecular weight excluding hydrogens is 340 g/mol. The van der Waals surface area contributed by atoms with Crippen molar-refractivity contribution in [1.82, 2.24) is 20.0 Å². The molecule has 1 fully saturated rings. The van der Waals surface area contributed by atoms with Gasteiger partial charge in [0.25, 0.3) is 5.91 Å². The highest BCUT2D eigenvalue weighted by Crippen LogP contribution is 2.20. The van der Waals surface area contributed by atoms with Crippen LogP contribution >= 0.6 is 0 Å². The molecule has 6 heteroatoms. The lowest BCUT2D eigenvalue weighted by molar-refractivity contribution is 0.0926. The molecule has 2 aromatic heterocycles. The fourth-order valence-electron chi connectivity index (χ4n) is 3.40. The molecule has 27 heavy (non-hydrogen) atoms. The molecule has 140 valence electrons. The van der Waals surface area contributed by atoms with Gasteiger partial charge in [0.15, 0.2) is 0 Å². The van der Waals surface area contributed by atoms with Crippen molar-refractivity contribution in [3.05, 3.63) is 65.6 Å². The number of nitrogens with one attached hydrogen (secondary N) is 2. The number of carbonyl (C=O) groups excluding carboxylic acids is 1. The maximum atomic E-state index is 12.7. The second kappa shape index (κ2) is 7.80. The zero-order chi connectivity index (χ0) is 18.6. The highest BCUT2D eigenvalue weighted by Gasteiger charge is 2.19. The number of aromatic nitrogens is 2. The van der Waals surface area contributed by atoms with Crippen LogP contribution in [-0.2, 0) is 6.61 Å². The quantitative estimate of drug-likeness (QED) is 0.730. The number of para-hydroxylation sites is 1. The molecule has 0 saturated carbocycles. The number of ether oxygens (including phenoxy) is 1. The third-order valence-electron chi connectivity index (χ3n) is 4.79. The summed E-state index contributed by atoms with van der Waals surface area (Å²) in [5, 5.41) is 6.41. The molecule has 3 aromatic rings. The molecule has 0 spiro atoms. The van der Waals surface area contributed by atoms with Crippen molar-refractivity contribution in [1.29, 1.82) is 0 Å². The lowest BCUT2D eigenvalue weighted by atomic mass is 10.1. The Bertz CT molecular complexity index is 944. The van der Waals surface area contributed by atoms with E-state index in [1.807, 2.05) is 54.0 Å². The maximum absolute atomic E-state index is 12.7. The van der Waals surface area contributed by atoms with Crippen LogP contribution in [0.15, 0.2) is 48.8 Å². The summed E-state index contributed by atoms with van der Waals surface area (Å²) >= 11 is 0. The van der Waals surface area contributed by atoms with Crippen LogP contribution in [0.1, 0.15) is 34.5 Å². The van der Waals surface area contributed by atoms with Crippen LogP contribution in [0.4, 0.5) is 0 Å². The Hall–Kier alpha value is -2.86. The fraction of sp³-hybridized carbons (Fsp3) is 0.333. The largest absolute Gasteiger partial charge is 0.486 e. The van der Waals surface area contributed by atoms with Crippen LogP contribution in [0.3, 0.4) is 0 Å². The van der Waals surface area contributed by atoms with Crippen molar-refractivity contribution in [3.63, 3.8) is 0 Å². The minimum Gasteiger partial charge on any atom is -0.486 e. The normalized spacial score (nSPS) is 17.0. The minimum atomic E-state index is -0.0927. The molecule has 0 radical (unpaired) electrons. The second-order valence-corrected chi connectivity index (χ2v) is 7.01. The highest BCUT2D eigenvalue weighted by molar-refractivity contribution is 5.97. The third kappa shape index (κ3) is 4.11. The van der Waals surface area contributed by atoms with E-state index in [4.69, 9.17) is 4.74 Å². The first-order chi connectivity index (χ1) is 13.2. The maximum Gasteiger partial charge on any atom is 0.255 e. The van der Waals surface area contributed by atoms with E-state index in [-0.39, 0.29) is 11.9 Å². The first kappa shape index (κ1) is 17.5. The Kier molecular flexibility index (Phi) is 5.07. The number of nitrogens with zero attached hydrogens (tertiary/aromatic N) is 2. The fourth-order valence-corrected chi connectivity index (χ4v) is 3.40. The summed E-state index contributed by atoms with van der Waals surface area (Å²) in [6.07, 6.45) is 6.07. The number of pyridine rings is 1. The van der Waals surface area contributed by atoms with Crippen molar-refractivity contribution in [2.75, 3.05) is 13.1 Å². The number of piperidine rings is 1. The van der Waals surface area contributed by atoms with E-state index in [2.05, 4.69) is 15.6 Å². The van der Waals surface area contributed by atoms with Gasteiger partial charge < -0.3 is 19.8 Å². The number of aryl methyl sites for hydroxylation is 1. The molecule has 0 aliphatic carbocycles. The molecule has 4 rings (SSSR count). The molecule has 1 aromatic carbocycles. The van der Waals surface area contributed by atoms with Crippen molar-refractivity contribution in [2.45, 2.75) is 32.4 Å². The molecule has 2 N–H and O–H groups in total. The summed E-state index contributed by atoms with van der Waals surface area (Å²) in [5.74, 6) is 0.483.